The Morgan fingerprint density at radius 1 is 1.13 bits per heavy atom. The van der Waals surface area contributed by atoms with E-state index in [9.17, 15) is 4.79 Å². The van der Waals surface area contributed by atoms with Gasteiger partial charge in [0.25, 0.3) is 0 Å². The summed E-state index contributed by atoms with van der Waals surface area (Å²) in [4.78, 5) is 12.4. The van der Waals surface area contributed by atoms with Crippen LogP contribution in [0.15, 0.2) is 59.8 Å². The molecule has 0 spiro atoms. The number of methoxy groups -OCH3 is 1. The average Bonchev–Trinajstić information content (AvgIpc) is 3.18. The minimum absolute atomic E-state index is 0.0123. The lowest BCUT2D eigenvalue weighted by atomic mass is 10.1. The van der Waals surface area contributed by atoms with Crippen LogP contribution in [0.1, 0.15) is 25.8 Å². The molecule has 0 aliphatic rings. The van der Waals surface area contributed by atoms with Crippen LogP contribution in [-0.4, -0.2) is 39.6 Å². The van der Waals surface area contributed by atoms with Crippen molar-refractivity contribution in [1.82, 2.24) is 20.1 Å². The van der Waals surface area contributed by atoms with Crippen LogP contribution in [0, 0.1) is 0 Å². The first-order valence-electron chi connectivity index (χ1n) is 10.2. The van der Waals surface area contributed by atoms with Crippen LogP contribution in [0.2, 0.25) is 0 Å². The summed E-state index contributed by atoms with van der Waals surface area (Å²) in [6.07, 6.45) is 1.75. The molecule has 158 valence electrons. The number of benzene rings is 2. The molecule has 1 aromatic heterocycles. The van der Waals surface area contributed by atoms with Gasteiger partial charge in [0, 0.05) is 13.1 Å². The number of nitrogens with one attached hydrogen (secondary N) is 1. The molecule has 6 nitrogen and oxygen atoms in total. The summed E-state index contributed by atoms with van der Waals surface area (Å²) in [6.45, 7) is 5.32. The maximum absolute atomic E-state index is 12.4. The van der Waals surface area contributed by atoms with Gasteiger partial charge in [-0.3, -0.25) is 4.79 Å². The lowest BCUT2D eigenvalue weighted by Crippen LogP contribution is -2.31. The van der Waals surface area contributed by atoms with E-state index < -0.39 is 0 Å². The number of aromatic nitrogens is 3. The molecule has 3 rings (SSSR count). The predicted octanol–water partition coefficient (Wildman–Crippen LogP) is 4.20. The van der Waals surface area contributed by atoms with Gasteiger partial charge in [-0.15, -0.1) is 10.2 Å². The number of hydrogen-bond acceptors (Lipinski definition) is 5. The zero-order chi connectivity index (χ0) is 21.3. The van der Waals surface area contributed by atoms with E-state index in [1.54, 1.807) is 7.11 Å². The van der Waals surface area contributed by atoms with Crippen molar-refractivity contribution in [2.24, 2.45) is 0 Å². The molecule has 0 saturated carbocycles. The molecule has 3 aromatic rings. The summed E-state index contributed by atoms with van der Waals surface area (Å²) in [5.41, 5.74) is 2.12. The quantitative estimate of drug-likeness (QED) is 0.494. The van der Waals surface area contributed by atoms with Crippen molar-refractivity contribution in [1.29, 1.82) is 0 Å². The van der Waals surface area contributed by atoms with E-state index in [0.717, 1.165) is 35.1 Å². The Kier molecular flexibility index (Phi) is 7.90. The van der Waals surface area contributed by atoms with Gasteiger partial charge >= 0.3 is 0 Å². The van der Waals surface area contributed by atoms with Crippen molar-refractivity contribution in [2.75, 3.05) is 13.7 Å². The average molecular weight is 425 g/mol. The Labute approximate surface area is 182 Å². The molecule has 7 heteroatoms. The van der Waals surface area contributed by atoms with Crippen molar-refractivity contribution in [3.8, 4) is 17.1 Å². The zero-order valence-corrected chi connectivity index (χ0v) is 18.5. The van der Waals surface area contributed by atoms with Gasteiger partial charge in [-0.1, -0.05) is 61.2 Å². The Bertz CT molecular complexity index is 959. The van der Waals surface area contributed by atoms with E-state index in [-0.39, 0.29) is 11.2 Å². The normalized spacial score (nSPS) is 11.8. The number of thioether (sulfide) groups is 1. The van der Waals surface area contributed by atoms with Gasteiger partial charge in [0.1, 0.15) is 5.75 Å². The molecule has 0 aliphatic carbocycles. The molecule has 1 N–H and O–H groups in total. The van der Waals surface area contributed by atoms with Crippen molar-refractivity contribution < 1.29 is 9.53 Å². The molecular formula is C23H28N4O2S. The Morgan fingerprint density at radius 3 is 2.60 bits per heavy atom. The highest BCUT2D eigenvalue weighted by atomic mass is 32.2. The third-order valence-corrected chi connectivity index (χ3v) is 5.81. The summed E-state index contributed by atoms with van der Waals surface area (Å²) < 4.78 is 7.62. The van der Waals surface area contributed by atoms with Crippen molar-refractivity contribution in [3.63, 3.8) is 0 Å². The maximum atomic E-state index is 12.4. The largest absolute Gasteiger partial charge is 0.496 e. The van der Waals surface area contributed by atoms with Crippen molar-refractivity contribution in [3.05, 3.63) is 60.2 Å². The lowest BCUT2D eigenvalue weighted by Gasteiger charge is -2.14. The van der Waals surface area contributed by atoms with Gasteiger partial charge in [0.2, 0.25) is 5.91 Å². The first-order valence-corrected chi connectivity index (χ1v) is 11.1. The molecule has 1 amide bonds. The van der Waals surface area contributed by atoms with Crippen LogP contribution >= 0.6 is 11.8 Å². The van der Waals surface area contributed by atoms with Gasteiger partial charge in [0.05, 0.1) is 17.9 Å². The Morgan fingerprint density at radius 2 is 1.87 bits per heavy atom. The van der Waals surface area contributed by atoms with Crippen LogP contribution in [-0.2, 0) is 17.8 Å². The molecular weight excluding hydrogens is 396 g/mol. The number of rotatable bonds is 10. The molecule has 0 aliphatic heterocycles. The number of hydrogen-bond donors (Lipinski definition) is 1. The summed E-state index contributed by atoms with van der Waals surface area (Å²) in [5, 5.41) is 12.3. The van der Waals surface area contributed by atoms with E-state index in [1.165, 1.54) is 17.3 Å². The van der Waals surface area contributed by atoms with Crippen LogP contribution in [0.5, 0.6) is 5.75 Å². The number of aryl methyl sites for hydroxylation is 1. The molecule has 0 bridgehead atoms. The van der Waals surface area contributed by atoms with Gasteiger partial charge in [-0.25, -0.2) is 0 Å². The highest BCUT2D eigenvalue weighted by Crippen LogP contribution is 2.32. The predicted molar refractivity (Wildman–Crippen MR) is 121 cm³/mol. The number of carbonyl (C=O) groups is 1. The fraction of sp³-hybridized carbons (Fsp3) is 0.348. The summed E-state index contributed by atoms with van der Waals surface area (Å²) >= 11 is 1.43. The summed E-state index contributed by atoms with van der Waals surface area (Å²) in [7, 11) is 1.65. The topological polar surface area (TPSA) is 69.0 Å². The second-order valence-corrected chi connectivity index (χ2v) is 8.25. The van der Waals surface area contributed by atoms with E-state index in [1.807, 2.05) is 56.3 Å². The first kappa shape index (κ1) is 21.9. The minimum Gasteiger partial charge on any atom is -0.496 e. The summed E-state index contributed by atoms with van der Waals surface area (Å²) in [5.74, 6) is 1.50. The van der Waals surface area contributed by atoms with E-state index in [0.29, 0.717) is 13.1 Å². The number of para-hydroxylation sites is 1. The zero-order valence-electron chi connectivity index (χ0n) is 17.7. The van der Waals surface area contributed by atoms with Gasteiger partial charge in [0.15, 0.2) is 11.0 Å². The number of ether oxygens (including phenoxy) is 1. The molecule has 30 heavy (non-hydrogen) atoms. The molecule has 1 atom stereocenters. The second-order valence-electron chi connectivity index (χ2n) is 6.94. The molecule has 0 saturated heterocycles. The number of amides is 1. The van der Waals surface area contributed by atoms with Crippen molar-refractivity contribution >= 4 is 17.7 Å². The van der Waals surface area contributed by atoms with Crippen LogP contribution < -0.4 is 10.1 Å². The number of carbonyl (C=O) groups excluding carboxylic acids is 1. The monoisotopic (exact) mass is 424 g/mol. The van der Waals surface area contributed by atoms with Gasteiger partial charge < -0.3 is 14.6 Å². The molecule has 1 heterocycles. The van der Waals surface area contributed by atoms with E-state index >= 15 is 0 Å². The van der Waals surface area contributed by atoms with Gasteiger partial charge in [-0.05, 0) is 37.5 Å². The van der Waals surface area contributed by atoms with E-state index in [4.69, 9.17) is 4.74 Å². The minimum atomic E-state index is -0.262. The third-order valence-electron chi connectivity index (χ3n) is 4.73. The molecule has 0 radical (unpaired) electrons. The van der Waals surface area contributed by atoms with E-state index in [2.05, 4.69) is 32.2 Å². The fourth-order valence-corrected chi connectivity index (χ4v) is 3.99. The van der Waals surface area contributed by atoms with Crippen LogP contribution in [0.3, 0.4) is 0 Å². The first-order chi connectivity index (χ1) is 14.6. The molecule has 2 aromatic carbocycles. The third kappa shape index (κ3) is 5.42. The fourth-order valence-electron chi connectivity index (χ4n) is 3.10. The second kappa shape index (κ2) is 10.8. The van der Waals surface area contributed by atoms with Crippen molar-refractivity contribution in [2.45, 2.75) is 43.6 Å². The Hall–Kier alpha value is -2.80. The smallest absolute Gasteiger partial charge is 0.233 e. The molecule has 1 unspecified atom stereocenters. The number of nitrogens with zero attached hydrogens (tertiary/aromatic N) is 3. The highest BCUT2D eigenvalue weighted by Gasteiger charge is 2.22. The van der Waals surface area contributed by atoms with Crippen LogP contribution in [0.25, 0.3) is 11.4 Å². The van der Waals surface area contributed by atoms with Gasteiger partial charge in [-0.2, -0.15) is 0 Å². The standard InChI is InChI=1S/C23H28N4O2S/c1-4-15-24-22(28)17(2)30-23-26-25-21(19-12-8-9-13-20(19)29-3)27(23)16-14-18-10-6-5-7-11-18/h5-13,17H,4,14-16H2,1-3H3,(H,24,28). The Balaban J connectivity index is 1.90. The maximum Gasteiger partial charge on any atom is 0.233 e. The van der Waals surface area contributed by atoms with Crippen LogP contribution in [0.4, 0.5) is 0 Å². The molecule has 0 fully saturated rings. The highest BCUT2D eigenvalue weighted by molar-refractivity contribution is 8.00. The SMILES string of the molecule is CCCNC(=O)C(C)Sc1nnc(-c2ccccc2OC)n1CCc1ccccc1. The summed E-state index contributed by atoms with van der Waals surface area (Å²) in [6, 6.07) is 18.1. The lowest BCUT2D eigenvalue weighted by molar-refractivity contribution is -0.120.